The Morgan fingerprint density at radius 1 is 1.46 bits per heavy atom. The minimum atomic E-state index is -1.44. The van der Waals surface area contributed by atoms with Crippen molar-refractivity contribution in [3.63, 3.8) is 0 Å². The highest BCUT2D eigenvalue weighted by atomic mass is 31.2. The van der Waals surface area contributed by atoms with Crippen LogP contribution in [0, 0.1) is 0 Å². The number of para-hydroxylation sites is 1. The van der Waals surface area contributed by atoms with E-state index < -0.39 is 14.5 Å². The van der Waals surface area contributed by atoms with Gasteiger partial charge in [-0.2, -0.15) is 0 Å². The molecular weight excluding hydrogens is 359 g/mol. The lowest BCUT2D eigenvalue weighted by atomic mass is 10.2. The van der Waals surface area contributed by atoms with Crippen LogP contribution in [0.1, 0.15) is 12.0 Å². The number of nitrogens with zero attached hydrogens (tertiary/aromatic N) is 1. The average Bonchev–Trinajstić information content (AvgIpc) is 2.66. The summed E-state index contributed by atoms with van der Waals surface area (Å²) in [5.74, 6) is 0.324. The molecule has 2 amide bonds. The van der Waals surface area contributed by atoms with Crippen molar-refractivity contribution >= 4 is 20.9 Å². The maximum atomic E-state index is 11.2. The molecule has 0 aliphatic carbocycles. The molecule has 9 heteroatoms. The molecule has 1 aromatic rings. The van der Waals surface area contributed by atoms with Gasteiger partial charge in [-0.25, -0.2) is 0 Å². The molecule has 0 saturated carbocycles. The number of carbonyl (C=O) groups is 2. The number of hydrogen-bond acceptors (Lipinski definition) is 7. The number of ether oxygens (including phenoxy) is 1. The summed E-state index contributed by atoms with van der Waals surface area (Å²) in [5, 5.41) is 2.04. The van der Waals surface area contributed by atoms with Crippen LogP contribution in [0.2, 0.25) is 0 Å². The number of fused-ring (bicyclic) bond motifs is 1. The van der Waals surface area contributed by atoms with Crippen LogP contribution >= 0.6 is 8.60 Å². The summed E-state index contributed by atoms with van der Waals surface area (Å²) in [6.45, 7) is 1.46. The van der Waals surface area contributed by atoms with Gasteiger partial charge in [0.05, 0.1) is 19.3 Å². The fraction of sp³-hybridized carbons (Fsp3) is 0.412. The number of imide groups is 1. The third-order valence-corrected chi connectivity index (χ3v) is 4.70. The van der Waals surface area contributed by atoms with E-state index in [2.05, 4.69) is 0 Å². The van der Waals surface area contributed by atoms with E-state index in [4.69, 9.17) is 18.3 Å². The predicted octanol–water partition coefficient (Wildman–Crippen LogP) is 1.96. The summed E-state index contributed by atoms with van der Waals surface area (Å²) in [6, 6.07) is 7.70. The Hall–Kier alpha value is -1.99. The van der Waals surface area contributed by atoms with Gasteiger partial charge in [-0.1, -0.05) is 18.2 Å². The molecule has 0 bridgehead atoms. The molecule has 0 saturated heterocycles. The first-order chi connectivity index (χ1) is 12.6. The van der Waals surface area contributed by atoms with Crippen LogP contribution in [0.4, 0.5) is 0 Å². The quantitative estimate of drug-likeness (QED) is 0.376. The lowest BCUT2D eigenvalue weighted by Gasteiger charge is -2.25. The van der Waals surface area contributed by atoms with Crippen LogP contribution in [-0.4, -0.2) is 50.6 Å². The van der Waals surface area contributed by atoms with E-state index in [-0.39, 0.29) is 6.10 Å². The molecule has 26 heavy (non-hydrogen) atoms. The van der Waals surface area contributed by atoms with Crippen molar-refractivity contribution in [3.05, 3.63) is 42.1 Å². The first kappa shape index (κ1) is 20.3. The van der Waals surface area contributed by atoms with E-state index in [1.54, 1.807) is 13.3 Å². The van der Waals surface area contributed by atoms with E-state index in [9.17, 15) is 9.59 Å². The SMILES string of the molecule is COC(CCN(C)/C=C\C(=O)NC=O)COP1OCc2ccccc2O1. The van der Waals surface area contributed by atoms with Crippen molar-refractivity contribution in [1.29, 1.82) is 0 Å². The number of benzene rings is 1. The Labute approximate surface area is 154 Å². The molecule has 8 nitrogen and oxygen atoms in total. The number of amides is 2. The average molecular weight is 382 g/mol. The van der Waals surface area contributed by atoms with Crippen molar-refractivity contribution < 1.29 is 27.9 Å². The molecule has 142 valence electrons. The fourth-order valence-electron chi connectivity index (χ4n) is 2.14. The van der Waals surface area contributed by atoms with E-state index in [1.807, 2.05) is 41.5 Å². The molecule has 2 rings (SSSR count). The maximum Gasteiger partial charge on any atom is 0.397 e. The van der Waals surface area contributed by atoms with Crippen molar-refractivity contribution in [3.8, 4) is 5.75 Å². The molecule has 1 aliphatic heterocycles. The third-order valence-electron chi connectivity index (χ3n) is 3.66. The van der Waals surface area contributed by atoms with E-state index >= 15 is 0 Å². The molecule has 0 radical (unpaired) electrons. The third kappa shape index (κ3) is 6.72. The minimum Gasteiger partial charge on any atom is -0.426 e. The smallest absolute Gasteiger partial charge is 0.397 e. The monoisotopic (exact) mass is 382 g/mol. The summed E-state index contributed by atoms with van der Waals surface area (Å²) >= 11 is 0. The van der Waals surface area contributed by atoms with Gasteiger partial charge < -0.3 is 14.2 Å². The van der Waals surface area contributed by atoms with Gasteiger partial charge >= 0.3 is 8.60 Å². The second-order valence-electron chi connectivity index (χ2n) is 5.56. The number of methoxy groups -OCH3 is 1. The number of hydrogen-bond donors (Lipinski definition) is 1. The zero-order valence-corrected chi connectivity index (χ0v) is 15.7. The van der Waals surface area contributed by atoms with Crippen LogP contribution in [0.15, 0.2) is 36.5 Å². The molecule has 1 aromatic carbocycles. The van der Waals surface area contributed by atoms with Gasteiger partial charge in [0.25, 0.3) is 5.91 Å². The topological polar surface area (TPSA) is 86.3 Å². The van der Waals surface area contributed by atoms with Gasteiger partial charge in [0.1, 0.15) is 5.75 Å². The normalized spacial score (nSPS) is 17.2. The molecule has 0 aromatic heterocycles. The Kier molecular flexibility index (Phi) is 8.50. The van der Waals surface area contributed by atoms with Crippen LogP contribution in [0.3, 0.4) is 0 Å². The van der Waals surface area contributed by atoms with E-state index in [0.717, 1.165) is 11.3 Å². The van der Waals surface area contributed by atoms with Crippen molar-refractivity contribution in [2.75, 3.05) is 27.3 Å². The lowest BCUT2D eigenvalue weighted by molar-refractivity contribution is -0.121. The summed E-state index contributed by atoms with van der Waals surface area (Å²) < 4.78 is 22.4. The standard InChI is InChI=1S/C17H23N2O6P/c1-19(10-8-17(21)18-13-20)9-7-15(22-2)12-24-26-23-11-14-5-3-4-6-16(14)25-26/h3-6,8,10,13,15H,7,9,11-12H2,1-2H3,(H,18,20,21)/b10-8-. The van der Waals surface area contributed by atoms with Gasteiger partial charge in [0.2, 0.25) is 6.41 Å². The summed E-state index contributed by atoms with van der Waals surface area (Å²) in [7, 11) is 2.01. The largest absolute Gasteiger partial charge is 0.426 e. The van der Waals surface area contributed by atoms with Crippen molar-refractivity contribution in [2.24, 2.45) is 0 Å². The van der Waals surface area contributed by atoms with Gasteiger partial charge in [-0.15, -0.1) is 0 Å². The van der Waals surface area contributed by atoms with E-state index in [0.29, 0.717) is 32.6 Å². The molecule has 0 spiro atoms. The summed E-state index contributed by atoms with van der Waals surface area (Å²) in [6.07, 6.45) is 3.78. The Morgan fingerprint density at radius 3 is 3.04 bits per heavy atom. The highest BCUT2D eigenvalue weighted by Gasteiger charge is 2.24. The molecule has 1 N–H and O–H groups in total. The lowest BCUT2D eigenvalue weighted by Crippen LogP contribution is -2.25. The molecular formula is C17H23N2O6P. The number of carbonyl (C=O) groups excluding carboxylic acids is 2. The summed E-state index contributed by atoms with van der Waals surface area (Å²) in [4.78, 5) is 23.2. The first-order valence-corrected chi connectivity index (χ1v) is 9.19. The van der Waals surface area contributed by atoms with Crippen LogP contribution < -0.4 is 9.84 Å². The number of nitrogens with one attached hydrogen (secondary N) is 1. The van der Waals surface area contributed by atoms with Crippen molar-refractivity contribution in [2.45, 2.75) is 19.1 Å². The first-order valence-electron chi connectivity index (χ1n) is 8.09. The van der Waals surface area contributed by atoms with Crippen molar-refractivity contribution in [1.82, 2.24) is 10.2 Å². The van der Waals surface area contributed by atoms with Gasteiger partial charge in [-0.05, 0) is 12.5 Å². The molecule has 1 aliphatic rings. The zero-order chi connectivity index (χ0) is 18.8. The zero-order valence-electron chi connectivity index (χ0n) is 14.8. The minimum absolute atomic E-state index is 0.137. The molecule has 2 atom stereocenters. The van der Waals surface area contributed by atoms with E-state index in [1.165, 1.54) is 6.08 Å². The highest BCUT2D eigenvalue weighted by Crippen LogP contribution is 2.47. The predicted molar refractivity (Wildman–Crippen MR) is 96.1 cm³/mol. The fourth-order valence-corrected chi connectivity index (χ4v) is 3.19. The highest BCUT2D eigenvalue weighted by molar-refractivity contribution is 7.42. The van der Waals surface area contributed by atoms with Gasteiger partial charge in [-0.3, -0.25) is 24.0 Å². The molecule has 2 unspecified atom stereocenters. The van der Waals surface area contributed by atoms with Crippen LogP contribution in [0.5, 0.6) is 5.75 Å². The van der Waals surface area contributed by atoms with Gasteiger partial charge in [0, 0.05) is 38.5 Å². The number of rotatable bonds is 10. The molecule has 0 fully saturated rings. The summed E-state index contributed by atoms with van der Waals surface area (Å²) in [5.41, 5.74) is 1.00. The Bertz CT molecular complexity index is 627. The van der Waals surface area contributed by atoms with Crippen LogP contribution in [0.25, 0.3) is 0 Å². The maximum absolute atomic E-state index is 11.2. The van der Waals surface area contributed by atoms with Crippen LogP contribution in [-0.2, 0) is 30.0 Å². The van der Waals surface area contributed by atoms with Gasteiger partial charge in [0.15, 0.2) is 0 Å². The second-order valence-corrected chi connectivity index (χ2v) is 6.71. The second kappa shape index (κ2) is 10.9. The molecule has 1 heterocycles. The Balaban J connectivity index is 1.71. The Morgan fingerprint density at radius 2 is 2.27 bits per heavy atom.